The molecule has 2 atom stereocenters. The van der Waals surface area contributed by atoms with Gasteiger partial charge in [-0.1, -0.05) is 15.9 Å². The molecule has 1 aliphatic heterocycles. The molecule has 1 fully saturated rings. The zero-order valence-electron chi connectivity index (χ0n) is 9.15. The normalized spacial score (nSPS) is 22.1. The maximum Gasteiger partial charge on any atom is 0.125 e. The molecule has 0 radical (unpaired) electrons. The molecule has 4 heteroatoms. The van der Waals surface area contributed by atoms with E-state index in [0.717, 1.165) is 28.8 Å². The first-order valence-electron chi connectivity index (χ1n) is 5.38. The topological polar surface area (TPSA) is 38.7 Å². The first-order chi connectivity index (χ1) is 7.66. The Kier molecular flexibility index (Phi) is 3.84. The minimum atomic E-state index is -0.533. The van der Waals surface area contributed by atoms with Crippen molar-refractivity contribution in [2.45, 2.75) is 25.6 Å². The van der Waals surface area contributed by atoms with E-state index in [0.29, 0.717) is 6.61 Å². The van der Waals surface area contributed by atoms with Gasteiger partial charge in [-0.05, 0) is 25.1 Å². The lowest BCUT2D eigenvalue weighted by atomic mass is 10.1. The van der Waals surface area contributed by atoms with Crippen molar-refractivity contribution in [1.82, 2.24) is 0 Å². The Morgan fingerprint density at radius 1 is 1.56 bits per heavy atom. The molecule has 1 aromatic carbocycles. The molecule has 1 heterocycles. The summed E-state index contributed by atoms with van der Waals surface area (Å²) < 4.78 is 12.0. The van der Waals surface area contributed by atoms with Crippen molar-refractivity contribution >= 4 is 15.9 Å². The van der Waals surface area contributed by atoms with E-state index in [2.05, 4.69) is 15.9 Å². The maximum atomic E-state index is 9.67. The minimum Gasteiger partial charge on any atom is -0.488 e. The number of halogens is 1. The van der Waals surface area contributed by atoms with Gasteiger partial charge < -0.3 is 14.6 Å². The predicted octanol–water partition coefficient (Wildman–Crippen LogP) is 2.67. The molecule has 0 spiro atoms. The summed E-state index contributed by atoms with van der Waals surface area (Å²) in [4.78, 5) is 0. The van der Waals surface area contributed by atoms with E-state index in [9.17, 15) is 5.11 Å². The van der Waals surface area contributed by atoms with Crippen LogP contribution in [0, 0.1) is 0 Å². The minimum absolute atomic E-state index is 0.110. The highest BCUT2D eigenvalue weighted by atomic mass is 79.9. The van der Waals surface area contributed by atoms with Gasteiger partial charge in [0.1, 0.15) is 11.9 Å². The van der Waals surface area contributed by atoms with Crippen molar-refractivity contribution in [3.63, 3.8) is 0 Å². The molecule has 2 rings (SSSR count). The predicted molar refractivity (Wildman–Crippen MR) is 64.6 cm³/mol. The van der Waals surface area contributed by atoms with Gasteiger partial charge in [0, 0.05) is 16.5 Å². The van der Waals surface area contributed by atoms with Crippen LogP contribution in [-0.2, 0) is 4.74 Å². The van der Waals surface area contributed by atoms with Crippen molar-refractivity contribution in [3.05, 3.63) is 28.2 Å². The third-order valence-electron chi connectivity index (χ3n) is 2.60. The number of benzene rings is 1. The van der Waals surface area contributed by atoms with Crippen LogP contribution in [0.15, 0.2) is 22.7 Å². The van der Waals surface area contributed by atoms with E-state index in [-0.39, 0.29) is 6.10 Å². The lowest BCUT2D eigenvalue weighted by molar-refractivity contribution is 0.135. The molecule has 1 saturated heterocycles. The van der Waals surface area contributed by atoms with Crippen molar-refractivity contribution in [2.24, 2.45) is 0 Å². The van der Waals surface area contributed by atoms with Crippen molar-refractivity contribution in [1.29, 1.82) is 0 Å². The maximum absolute atomic E-state index is 9.67. The molecular formula is C12H15BrO3. The monoisotopic (exact) mass is 286 g/mol. The number of hydrogen-bond donors (Lipinski definition) is 1. The SMILES string of the molecule is CC(O)c1cc(Br)ccc1OC1CCOC1. The summed E-state index contributed by atoms with van der Waals surface area (Å²) in [5, 5.41) is 9.67. The van der Waals surface area contributed by atoms with Crippen LogP contribution < -0.4 is 4.74 Å². The largest absolute Gasteiger partial charge is 0.488 e. The second-order valence-corrected chi connectivity index (χ2v) is 4.88. The Labute approximate surface area is 104 Å². The van der Waals surface area contributed by atoms with Crippen molar-refractivity contribution in [3.8, 4) is 5.75 Å². The number of hydrogen-bond acceptors (Lipinski definition) is 3. The van der Waals surface area contributed by atoms with Crippen LogP contribution in [0.5, 0.6) is 5.75 Å². The Balaban J connectivity index is 2.18. The van der Waals surface area contributed by atoms with Crippen LogP contribution in [0.1, 0.15) is 25.0 Å². The molecule has 1 aromatic rings. The highest BCUT2D eigenvalue weighted by Gasteiger charge is 2.19. The average Bonchev–Trinajstić information content (AvgIpc) is 2.73. The van der Waals surface area contributed by atoms with Gasteiger partial charge in [0.15, 0.2) is 0 Å². The van der Waals surface area contributed by atoms with Gasteiger partial charge in [0.05, 0.1) is 19.3 Å². The number of rotatable bonds is 3. The molecule has 0 bridgehead atoms. The molecule has 0 amide bonds. The van der Waals surface area contributed by atoms with Gasteiger partial charge in [0.2, 0.25) is 0 Å². The van der Waals surface area contributed by atoms with Crippen LogP contribution in [0.25, 0.3) is 0 Å². The summed E-state index contributed by atoms with van der Waals surface area (Å²) in [5.74, 6) is 0.744. The Morgan fingerprint density at radius 2 is 2.38 bits per heavy atom. The molecule has 16 heavy (non-hydrogen) atoms. The van der Waals surface area contributed by atoms with Crippen LogP contribution in [0.3, 0.4) is 0 Å². The summed E-state index contributed by atoms with van der Waals surface area (Å²) in [5.41, 5.74) is 0.807. The smallest absolute Gasteiger partial charge is 0.125 e. The van der Waals surface area contributed by atoms with Crippen molar-refractivity contribution in [2.75, 3.05) is 13.2 Å². The summed E-state index contributed by atoms with van der Waals surface area (Å²) in [6.45, 7) is 3.13. The lowest BCUT2D eigenvalue weighted by Gasteiger charge is -2.17. The fourth-order valence-corrected chi connectivity index (χ4v) is 2.12. The molecule has 2 unspecified atom stereocenters. The highest BCUT2D eigenvalue weighted by Crippen LogP contribution is 2.30. The molecule has 0 saturated carbocycles. The second kappa shape index (κ2) is 5.17. The van der Waals surface area contributed by atoms with Gasteiger partial charge in [0.25, 0.3) is 0 Å². The average molecular weight is 287 g/mol. The van der Waals surface area contributed by atoms with E-state index in [4.69, 9.17) is 9.47 Å². The summed E-state index contributed by atoms with van der Waals surface area (Å²) in [7, 11) is 0. The van der Waals surface area contributed by atoms with Gasteiger partial charge in [-0.2, -0.15) is 0 Å². The van der Waals surface area contributed by atoms with E-state index in [1.807, 2.05) is 18.2 Å². The van der Waals surface area contributed by atoms with E-state index in [1.54, 1.807) is 6.92 Å². The fraction of sp³-hybridized carbons (Fsp3) is 0.500. The third-order valence-corrected chi connectivity index (χ3v) is 3.10. The Morgan fingerprint density at radius 3 is 3.00 bits per heavy atom. The summed E-state index contributed by atoms with van der Waals surface area (Å²) in [6.07, 6.45) is 0.489. The summed E-state index contributed by atoms with van der Waals surface area (Å²) in [6, 6.07) is 5.68. The molecule has 0 aromatic heterocycles. The lowest BCUT2D eigenvalue weighted by Crippen LogP contribution is -2.17. The quantitative estimate of drug-likeness (QED) is 0.929. The van der Waals surface area contributed by atoms with Gasteiger partial charge >= 0.3 is 0 Å². The third kappa shape index (κ3) is 2.75. The van der Waals surface area contributed by atoms with Crippen LogP contribution in [0.4, 0.5) is 0 Å². The molecular weight excluding hydrogens is 272 g/mol. The van der Waals surface area contributed by atoms with E-state index in [1.165, 1.54) is 0 Å². The zero-order chi connectivity index (χ0) is 11.5. The highest BCUT2D eigenvalue weighted by molar-refractivity contribution is 9.10. The first-order valence-corrected chi connectivity index (χ1v) is 6.18. The van der Waals surface area contributed by atoms with Gasteiger partial charge in [-0.3, -0.25) is 0 Å². The molecule has 3 nitrogen and oxygen atoms in total. The Bertz CT molecular complexity index is 359. The van der Waals surface area contributed by atoms with Crippen molar-refractivity contribution < 1.29 is 14.6 Å². The fourth-order valence-electron chi connectivity index (χ4n) is 1.74. The zero-order valence-corrected chi connectivity index (χ0v) is 10.7. The molecule has 0 aliphatic carbocycles. The Hall–Kier alpha value is -0.580. The second-order valence-electron chi connectivity index (χ2n) is 3.96. The standard InChI is InChI=1S/C12H15BrO3/c1-8(14)11-6-9(13)2-3-12(11)16-10-4-5-15-7-10/h2-3,6,8,10,14H,4-5,7H2,1H3. The van der Waals surface area contributed by atoms with Crippen LogP contribution >= 0.6 is 15.9 Å². The number of ether oxygens (including phenoxy) is 2. The first kappa shape index (κ1) is 11.9. The van der Waals surface area contributed by atoms with Gasteiger partial charge in [-0.25, -0.2) is 0 Å². The summed E-state index contributed by atoms with van der Waals surface area (Å²) >= 11 is 3.39. The molecule has 1 aliphatic rings. The van der Waals surface area contributed by atoms with Crippen LogP contribution in [-0.4, -0.2) is 24.4 Å². The molecule has 88 valence electrons. The number of aliphatic hydroxyl groups is 1. The van der Waals surface area contributed by atoms with E-state index < -0.39 is 6.10 Å². The van der Waals surface area contributed by atoms with E-state index >= 15 is 0 Å². The van der Waals surface area contributed by atoms with Crippen LogP contribution in [0.2, 0.25) is 0 Å². The van der Waals surface area contributed by atoms with Gasteiger partial charge in [-0.15, -0.1) is 0 Å². The number of aliphatic hydroxyl groups excluding tert-OH is 1. The molecule has 1 N–H and O–H groups in total.